The van der Waals surface area contributed by atoms with E-state index < -0.39 is 0 Å². The third-order valence-corrected chi connectivity index (χ3v) is 4.89. The minimum Gasteiger partial charge on any atom is -0.366 e. The molecule has 0 saturated carbocycles. The maximum Gasteiger partial charge on any atom is 0.151 e. The fraction of sp³-hybridized carbons (Fsp3) is 0.812. The van der Waals surface area contributed by atoms with Crippen molar-refractivity contribution in [1.29, 1.82) is 0 Å². The predicted molar refractivity (Wildman–Crippen MR) is 83.2 cm³/mol. The maximum atomic E-state index is 4.60. The molecular formula is C16H28N4. The Morgan fingerprint density at radius 3 is 2.60 bits per heavy atom. The zero-order chi connectivity index (χ0) is 14.2. The van der Waals surface area contributed by atoms with Crippen molar-refractivity contribution >= 4 is 5.82 Å². The highest BCUT2D eigenvalue weighted by molar-refractivity contribution is 5.49. The van der Waals surface area contributed by atoms with Gasteiger partial charge < -0.3 is 10.6 Å². The first kappa shape index (κ1) is 13.9. The smallest absolute Gasteiger partial charge is 0.151 e. The van der Waals surface area contributed by atoms with Gasteiger partial charge in [-0.05, 0) is 50.6 Å². The topological polar surface area (TPSA) is 52.7 Å². The lowest BCUT2D eigenvalue weighted by molar-refractivity contribution is 0.284. The summed E-state index contributed by atoms with van der Waals surface area (Å²) in [7, 11) is 0. The second-order valence-electron chi connectivity index (χ2n) is 7.44. The normalized spacial score (nSPS) is 24.4. The Morgan fingerprint density at radius 1 is 1.15 bits per heavy atom. The largest absolute Gasteiger partial charge is 0.366 e. The monoisotopic (exact) mass is 276 g/mol. The molecule has 1 aromatic rings. The van der Waals surface area contributed by atoms with Crippen LogP contribution in [0.2, 0.25) is 0 Å². The van der Waals surface area contributed by atoms with Crippen molar-refractivity contribution in [3.8, 4) is 0 Å². The Morgan fingerprint density at radius 2 is 1.90 bits per heavy atom. The lowest BCUT2D eigenvalue weighted by atomic mass is 9.72. The second kappa shape index (κ2) is 5.40. The lowest BCUT2D eigenvalue weighted by Crippen LogP contribution is -2.35. The van der Waals surface area contributed by atoms with Crippen molar-refractivity contribution in [1.82, 2.24) is 15.5 Å². The molecule has 1 fully saturated rings. The number of nitrogens with zero attached hydrogens (tertiary/aromatic N) is 1. The van der Waals surface area contributed by atoms with Gasteiger partial charge in [0.05, 0.1) is 0 Å². The SMILES string of the molecule is CC(C)(C)C1CCCc2c(NC3CCNCC3)n[nH]c21. The molecule has 4 nitrogen and oxygen atoms in total. The van der Waals surface area contributed by atoms with Crippen molar-refractivity contribution in [2.75, 3.05) is 18.4 Å². The molecule has 1 saturated heterocycles. The molecule has 2 heterocycles. The van der Waals surface area contributed by atoms with E-state index >= 15 is 0 Å². The molecule has 1 unspecified atom stereocenters. The van der Waals surface area contributed by atoms with Crippen LogP contribution < -0.4 is 10.6 Å². The summed E-state index contributed by atoms with van der Waals surface area (Å²) in [4.78, 5) is 0. The van der Waals surface area contributed by atoms with Gasteiger partial charge in [-0.3, -0.25) is 5.10 Å². The molecule has 20 heavy (non-hydrogen) atoms. The summed E-state index contributed by atoms with van der Waals surface area (Å²) in [6.07, 6.45) is 6.14. The van der Waals surface area contributed by atoms with Gasteiger partial charge in [-0.1, -0.05) is 20.8 Å². The van der Waals surface area contributed by atoms with Crippen molar-refractivity contribution in [2.45, 2.75) is 64.8 Å². The Kier molecular flexibility index (Phi) is 3.76. The van der Waals surface area contributed by atoms with Crippen LogP contribution in [-0.2, 0) is 6.42 Å². The van der Waals surface area contributed by atoms with E-state index in [4.69, 9.17) is 0 Å². The van der Waals surface area contributed by atoms with Crippen LogP contribution >= 0.6 is 0 Å². The number of H-pyrrole nitrogens is 1. The van der Waals surface area contributed by atoms with Crippen LogP contribution in [0.25, 0.3) is 0 Å². The van der Waals surface area contributed by atoms with E-state index in [0.29, 0.717) is 17.4 Å². The molecule has 4 heteroatoms. The van der Waals surface area contributed by atoms with Crippen molar-refractivity contribution in [2.24, 2.45) is 5.41 Å². The van der Waals surface area contributed by atoms with E-state index in [1.54, 1.807) is 0 Å². The van der Waals surface area contributed by atoms with Crippen molar-refractivity contribution in [3.63, 3.8) is 0 Å². The number of piperidine rings is 1. The molecule has 0 amide bonds. The van der Waals surface area contributed by atoms with Crippen LogP contribution in [0, 0.1) is 5.41 Å². The highest BCUT2D eigenvalue weighted by Gasteiger charge is 2.33. The average molecular weight is 276 g/mol. The molecule has 3 N–H and O–H groups in total. The Labute approximate surface area is 122 Å². The third kappa shape index (κ3) is 2.71. The molecule has 0 spiro atoms. The van der Waals surface area contributed by atoms with Crippen LogP contribution in [0.15, 0.2) is 0 Å². The molecule has 1 atom stereocenters. The van der Waals surface area contributed by atoms with Crippen LogP contribution in [0.3, 0.4) is 0 Å². The summed E-state index contributed by atoms with van der Waals surface area (Å²) >= 11 is 0. The Hall–Kier alpha value is -1.03. The fourth-order valence-electron chi connectivity index (χ4n) is 3.69. The van der Waals surface area contributed by atoms with E-state index in [2.05, 4.69) is 41.6 Å². The number of hydrogen-bond acceptors (Lipinski definition) is 3. The first-order valence-corrected chi connectivity index (χ1v) is 8.10. The minimum absolute atomic E-state index is 0.313. The zero-order valence-corrected chi connectivity index (χ0v) is 13.1. The number of nitrogens with one attached hydrogen (secondary N) is 3. The quantitative estimate of drug-likeness (QED) is 0.778. The standard InChI is InChI=1S/C16H28N4/c1-16(2,3)13-6-4-5-12-14(13)19-20-15(12)18-11-7-9-17-10-8-11/h11,13,17H,4-10H2,1-3H3,(H2,18,19,20). The summed E-state index contributed by atoms with van der Waals surface area (Å²) in [5, 5.41) is 15.0. The van der Waals surface area contributed by atoms with Gasteiger partial charge in [-0.15, -0.1) is 0 Å². The molecule has 2 aliphatic rings. The fourth-order valence-corrected chi connectivity index (χ4v) is 3.69. The van der Waals surface area contributed by atoms with Gasteiger partial charge in [-0.25, -0.2) is 0 Å². The van der Waals surface area contributed by atoms with Gasteiger partial charge in [0.15, 0.2) is 5.82 Å². The molecular weight excluding hydrogens is 248 g/mol. The molecule has 0 radical (unpaired) electrons. The predicted octanol–water partition coefficient (Wildman–Crippen LogP) is 3.04. The lowest BCUT2D eigenvalue weighted by Gasteiger charge is -2.33. The summed E-state index contributed by atoms with van der Waals surface area (Å²) in [5.41, 5.74) is 3.16. The van der Waals surface area contributed by atoms with Crippen molar-refractivity contribution in [3.05, 3.63) is 11.3 Å². The Balaban J connectivity index is 1.79. The van der Waals surface area contributed by atoms with Gasteiger partial charge in [0, 0.05) is 23.2 Å². The van der Waals surface area contributed by atoms with Crippen LogP contribution in [0.4, 0.5) is 5.82 Å². The summed E-state index contributed by atoms with van der Waals surface area (Å²) in [6, 6.07) is 0.582. The number of aromatic amines is 1. The third-order valence-electron chi connectivity index (χ3n) is 4.89. The van der Waals surface area contributed by atoms with E-state index in [9.17, 15) is 0 Å². The average Bonchev–Trinajstić information content (AvgIpc) is 2.82. The highest BCUT2D eigenvalue weighted by Crippen LogP contribution is 2.44. The second-order valence-corrected chi connectivity index (χ2v) is 7.44. The molecule has 0 bridgehead atoms. The van der Waals surface area contributed by atoms with Crippen molar-refractivity contribution < 1.29 is 0 Å². The molecule has 1 aliphatic heterocycles. The molecule has 3 rings (SSSR count). The van der Waals surface area contributed by atoms with Gasteiger partial charge in [-0.2, -0.15) is 5.10 Å². The number of hydrogen-bond donors (Lipinski definition) is 3. The summed E-state index contributed by atoms with van der Waals surface area (Å²) < 4.78 is 0. The van der Waals surface area contributed by atoms with E-state index in [1.165, 1.54) is 43.4 Å². The molecule has 112 valence electrons. The molecule has 1 aromatic heterocycles. The van der Waals surface area contributed by atoms with Gasteiger partial charge in [0.1, 0.15) is 0 Å². The van der Waals surface area contributed by atoms with E-state index in [-0.39, 0.29) is 0 Å². The Bertz CT molecular complexity index is 452. The van der Waals surface area contributed by atoms with Gasteiger partial charge >= 0.3 is 0 Å². The van der Waals surface area contributed by atoms with E-state index in [1.807, 2.05) is 0 Å². The first-order valence-electron chi connectivity index (χ1n) is 8.10. The van der Waals surface area contributed by atoms with Gasteiger partial charge in [0.25, 0.3) is 0 Å². The van der Waals surface area contributed by atoms with Crippen LogP contribution in [-0.4, -0.2) is 29.3 Å². The summed E-state index contributed by atoms with van der Waals surface area (Å²) in [6.45, 7) is 9.26. The van der Waals surface area contributed by atoms with Gasteiger partial charge in [0.2, 0.25) is 0 Å². The van der Waals surface area contributed by atoms with Crippen LogP contribution in [0.5, 0.6) is 0 Å². The molecule has 0 aromatic carbocycles. The van der Waals surface area contributed by atoms with E-state index in [0.717, 1.165) is 18.9 Å². The number of aromatic nitrogens is 2. The molecule has 1 aliphatic carbocycles. The maximum absolute atomic E-state index is 4.60. The number of fused-ring (bicyclic) bond motifs is 1. The number of rotatable bonds is 2. The number of anilines is 1. The zero-order valence-electron chi connectivity index (χ0n) is 13.1. The van der Waals surface area contributed by atoms with Crippen LogP contribution in [0.1, 0.15) is 63.6 Å². The minimum atomic E-state index is 0.313. The highest BCUT2D eigenvalue weighted by atomic mass is 15.2. The summed E-state index contributed by atoms with van der Waals surface area (Å²) in [5.74, 6) is 1.74. The first-order chi connectivity index (χ1) is 9.55.